The van der Waals surface area contributed by atoms with Crippen LogP contribution in [-0.4, -0.2) is 67.7 Å². The lowest BCUT2D eigenvalue weighted by Crippen LogP contribution is -2.46. The summed E-state index contributed by atoms with van der Waals surface area (Å²) < 4.78 is 15.7. The van der Waals surface area contributed by atoms with Gasteiger partial charge in [-0.2, -0.15) is 5.11 Å². The molecule has 3 aromatic rings. The first-order valence-corrected chi connectivity index (χ1v) is 16.8. The minimum absolute atomic E-state index is 0.0582. The van der Waals surface area contributed by atoms with Crippen LogP contribution in [0.15, 0.2) is 82.0 Å². The van der Waals surface area contributed by atoms with Crippen molar-refractivity contribution in [2.24, 2.45) is 38.7 Å². The van der Waals surface area contributed by atoms with Crippen molar-refractivity contribution in [3.05, 3.63) is 89.2 Å². The highest BCUT2D eigenvalue weighted by Crippen LogP contribution is 2.32. The molecule has 2 heterocycles. The number of rotatable bonds is 11. The quantitative estimate of drug-likeness (QED) is 0.260. The number of amidine groups is 1. The number of Topliss-reactive ketones (excluding diaryl/α,β-unsaturated/α-hetero) is 1. The van der Waals surface area contributed by atoms with Crippen LogP contribution in [0.1, 0.15) is 53.6 Å². The zero-order chi connectivity index (χ0) is 33.5. The lowest BCUT2D eigenvalue weighted by molar-refractivity contribution is -0.129. The number of carbonyl (C=O) groups is 3. The molecule has 3 aliphatic rings. The van der Waals surface area contributed by atoms with Gasteiger partial charge in [0, 0.05) is 61.2 Å². The number of ketones is 1. The summed E-state index contributed by atoms with van der Waals surface area (Å²) in [6.07, 6.45) is 3.94. The number of anilines is 1. The van der Waals surface area contributed by atoms with Gasteiger partial charge in [-0.05, 0) is 86.0 Å². The van der Waals surface area contributed by atoms with Crippen molar-refractivity contribution in [3.63, 3.8) is 0 Å². The van der Waals surface area contributed by atoms with E-state index in [2.05, 4.69) is 25.9 Å². The second-order valence-electron chi connectivity index (χ2n) is 12.9. The van der Waals surface area contributed by atoms with Gasteiger partial charge in [0.15, 0.2) is 12.5 Å². The van der Waals surface area contributed by atoms with Gasteiger partial charge in [-0.15, -0.1) is 5.11 Å². The molecule has 48 heavy (non-hydrogen) atoms. The fourth-order valence-electron chi connectivity index (χ4n) is 6.78. The normalized spacial score (nSPS) is 19.9. The molecule has 2 fully saturated rings. The summed E-state index contributed by atoms with van der Waals surface area (Å²) in [4.78, 5) is 46.2. The van der Waals surface area contributed by atoms with E-state index in [1.807, 2.05) is 24.3 Å². The molecule has 11 heteroatoms. The average molecular weight is 652 g/mol. The predicted octanol–water partition coefficient (Wildman–Crippen LogP) is 5.23. The van der Waals surface area contributed by atoms with Crippen LogP contribution in [0.4, 0.5) is 10.1 Å². The van der Waals surface area contributed by atoms with Crippen LogP contribution in [0.3, 0.4) is 0 Å². The van der Waals surface area contributed by atoms with Crippen LogP contribution in [0, 0.1) is 23.6 Å². The molecule has 3 aromatic carbocycles. The van der Waals surface area contributed by atoms with Crippen LogP contribution in [0.25, 0.3) is 11.1 Å². The Bertz CT molecular complexity index is 1680. The highest BCUT2D eigenvalue weighted by Gasteiger charge is 2.30. The number of amides is 2. The van der Waals surface area contributed by atoms with Gasteiger partial charge >= 0.3 is 0 Å². The Morgan fingerprint density at radius 3 is 2.31 bits per heavy atom. The van der Waals surface area contributed by atoms with E-state index in [9.17, 15) is 14.4 Å². The summed E-state index contributed by atoms with van der Waals surface area (Å²) in [7, 11) is 0. The molecule has 0 radical (unpaired) electrons. The third-order valence-corrected chi connectivity index (χ3v) is 9.69. The van der Waals surface area contributed by atoms with Crippen molar-refractivity contribution < 1.29 is 18.8 Å². The zero-order valence-corrected chi connectivity index (χ0v) is 27.0. The van der Waals surface area contributed by atoms with Crippen molar-refractivity contribution >= 4 is 29.1 Å². The number of nitrogens with two attached hydrogens (primary N) is 1. The van der Waals surface area contributed by atoms with E-state index >= 15 is 4.39 Å². The minimum atomic E-state index is -0.597. The van der Waals surface area contributed by atoms with E-state index in [0.29, 0.717) is 74.4 Å². The Hall–Kier alpha value is -4.61. The Morgan fingerprint density at radius 1 is 0.938 bits per heavy atom. The molecule has 0 bridgehead atoms. The molecule has 0 unspecified atom stereocenters. The highest BCUT2D eigenvalue weighted by molar-refractivity contribution is 6.01. The summed E-state index contributed by atoms with van der Waals surface area (Å²) in [5, 5.41) is 14.1. The molecular formula is C37H42FN7O3. The van der Waals surface area contributed by atoms with Crippen molar-refractivity contribution in [2.75, 3.05) is 44.7 Å². The molecule has 6 rings (SSSR count). The van der Waals surface area contributed by atoms with Gasteiger partial charge in [0.05, 0.1) is 5.56 Å². The fraction of sp³-hybridized carbons (Fsp3) is 0.405. The maximum absolute atomic E-state index is 15.7. The number of carbonyl (C=O) groups excluding carboxylic acids is 3. The smallest absolute Gasteiger partial charge is 0.256 e. The number of hydrogen-bond acceptors (Lipinski definition) is 8. The Labute approximate surface area is 280 Å². The first-order chi connectivity index (χ1) is 23.4. The number of azo groups is 1. The number of piperazine rings is 1. The Balaban J connectivity index is 1.17. The molecule has 0 aromatic heterocycles. The van der Waals surface area contributed by atoms with Crippen molar-refractivity contribution in [2.45, 2.75) is 38.5 Å². The maximum Gasteiger partial charge on any atom is 0.256 e. The number of benzene rings is 3. The molecule has 10 nitrogen and oxygen atoms in total. The number of aliphatic imine (C=N–C) groups is 1. The van der Waals surface area contributed by atoms with Crippen LogP contribution in [-0.2, 0) is 16.0 Å². The number of nitrogens with zero attached hydrogens (tertiary/aromatic N) is 4. The third-order valence-electron chi connectivity index (χ3n) is 9.69. The van der Waals surface area contributed by atoms with Crippen molar-refractivity contribution in [1.82, 2.24) is 10.2 Å². The summed E-state index contributed by atoms with van der Waals surface area (Å²) in [5.74, 6) is -0.636. The molecule has 4 N–H and O–H groups in total. The van der Waals surface area contributed by atoms with Crippen molar-refractivity contribution in [3.8, 4) is 11.1 Å². The molecule has 1 saturated carbocycles. The molecule has 2 amide bonds. The molecule has 1 saturated heterocycles. The minimum Gasteiger partial charge on any atom is -0.336 e. The second kappa shape index (κ2) is 15.5. The van der Waals surface area contributed by atoms with E-state index in [1.54, 1.807) is 41.3 Å². The Kier molecular flexibility index (Phi) is 10.8. The van der Waals surface area contributed by atoms with Gasteiger partial charge in [0.1, 0.15) is 11.6 Å². The van der Waals surface area contributed by atoms with Crippen LogP contribution in [0.5, 0.6) is 0 Å². The van der Waals surface area contributed by atoms with Gasteiger partial charge in [-0.3, -0.25) is 14.4 Å². The Morgan fingerprint density at radius 2 is 1.65 bits per heavy atom. The van der Waals surface area contributed by atoms with Crippen LogP contribution < -0.4 is 16.4 Å². The molecular weight excluding hydrogens is 609 g/mol. The standard InChI is InChI=1S/C37H42FN7O3/c38-34-31(2-1-3-32(34)37(48)45-18-16-40-17-19-45)26-8-4-24(5-9-26)20-29(21-33(46)27-10-6-25(22-39)7-11-27)36(47)43-30-14-12-28(13-15-30)35-41-23-42-44-35/h1-5,8-9,12-15,25,27,29,40H,6-7,10-11,16-23,39H2,(H,43,47)/t25?,27?,29-/m1/s1. The molecule has 250 valence electrons. The summed E-state index contributed by atoms with van der Waals surface area (Å²) in [6, 6.07) is 19.5. The number of hydrogen-bond donors (Lipinski definition) is 3. The first-order valence-electron chi connectivity index (χ1n) is 16.8. The molecule has 1 atom stereocenters. The lowest BCUT2D eigenvalue weighted by atomic mass is 9.77. The zero-order valence-electron chi connectivity index (χ0n) is 27.0. The topological polar surface area (TPSA) is 142 Å². The summed E-state index contributed by atoms with van der Waals surface area (Å²) in [5.41, 5.74) is 9.17. The molecule has 2 aliphatic heterocycles. The first kappa shape index (κ1) is 33.3. The molecule has 1 aliphatic carbocycles. The van der Waals surface area contributed by atoms with E-state index in [1.165, 1.54) is 6.07 Å². The van der Waals surface area contributed by atoms with Crippen molar-refractivity contribution in [1.29, 1.82) is 0 Å². The lowest BCUT2D eigenvalue weighted by Gasteiger charge is -2.28. The SMILES string of the molecule is NCC1CCC(C(=O)C[C@@H](Cc2ccc(-c3cccc(C(=O)N4CCNCC4)c3F)cc2)C(=O)Nc2ccc(C3=NCN=N3)cc2)CC1. The molecule has 0 spiro atoms. The van der Waals surface area contributed by atoms with E-state index < -0.39 is 11.7 Å². The monoisotopic (exact) mass is 651 g/mol. The average Bonchev–Trinajstić information content (AvgIpc) is 3.68. The maximum atomic E-state index is 15.7. The predicted molar refractivity (Wildman–Crippen MR) is 183 cm³/mol. The number of nitrogens with one attached hydrogen (secondary N) is 2. The fourth-order valence-corrected chi connectivity index (χ4v) is 6.78. The third kappa shape index (κ3) is 7.91. The second-order valence-corrected chi connectivity index (χ2v) is 12.9. The summed E-state index contributed by atoms with van der Waals surface area (Å²) >= 11 is 0. The van der Waals surface area contributed by atoms with Gasteiger partial charge in [-0.25, -0.2) is 9.38 Å². The van der Waals surface area contributed by atoms with Gasteiger partial charge < -0.3 is 21.3 Å². The van der Waals surface area contributed by atoms with Crippen LogP contribution >= 0.6 is 0 Å². The largest absolute Gasteiger partial charge is 0.336 e. The van der Waals surface area contributed by atoms with Gasteiger partial charge in [0.2, 0.25) is 5.91 Å². The van der Waals surface area contributed by atoms with Gasteiger partial charge in [0.25, 0.3) is 5.91 Å². The van der Waals surface area contributed by atoms with E-state index in [4.69, 9.17) is 5.73 Å². The summed E-state index contributed by atoms with van der Waals surface area (Å²) in [6.45, 7) is 3.40. The van der Waals surface area contributed by atoms with E-state index in [-0.39, 0.29) is 35.5 Å². The van der Waals surface area contributed by atoms with E-state index in [0.717, 1.165) is 36.8 Å². The number of halogens is 1. The highest BCUT2D eigenvalue weighted by atomic mass is 19.1. The van der Waals surface area contributed by atoms with Crippen LogP contribution in [0.2, 0.25) is 0 Å². The van der Waals surface area contributed by atoms with Gasteiger partial charge in [-0.1, -0.05) is 36.4 Å².